The highest BCUT2D eigenvalue weighted by Crippen LogP contribution is 2.39. The molecule has 2 aliphatic rings. The fourth-order valence-corrected chi connectivity index (χ4v) is 6.67. The summed E-state index contributed by atoms with van der Waals surface area (Å²) in [7, 11) is -4.06. The van der Waals surface area contributed by atoms with Gasteiger partial charge >= 0.3 is 23.9 Å². The maximum absolute atomic E-state index is 12.4. The molecule has 3 rings (SSSR count). The van der Waals surface area contributed by atoms with Crippen molar-refractivity contribution >= 4 is 34.0 Å². The van der Waals surface area contributed by atoms with Gasteiger partial charge in [0.25, 0.3) is 10.1 Å². The minimum atomic E-state index is -4.06. The predicted octanol–water partition coefficient (Wildman–Crippen LogP) is 2.39. The first kappa shape index (κ1) is 43.0. The second kappa shape index (κ2) is 17.4. The van der Waals surface area contributed by atoms with Gasteiger partial charge in [0.2, 0.25) is 0 Å². The number of aryl methyl sites for hydroxylation is 1. The molecule has 2 saturated heterocycles. The average Bonchev–Trinajstić information content (AvgIpc) is 3.47. The van der Waals surface area contributed by atoms with Crippen molar-refractivity contribution in [3.8, 4) is 0 Å². The monoisotopic (exact) mass is 732 g/mol. The Morgan fingerprint density at radius 2 is 1.30 bits per heavy atom. The third-order valence-corrected chi connectivity index (χ3v) is 9.08. The fraction of sp³-hybridized carbons (Fsp3) is 0.706. The van der Waals surface area contributed by atoms with Crippen LogP contribution in [0.1, 0.15) is 74.8 Å². The number of carbonyl (C=O) groups excluding carboxylic acids is 4. The number of carbonyl (C=O) groups is 4. The van der Waals surface area contributed by atoms with Crippen molar-refractivity contribution in [2.24, 2.45) is 10.8 Å². The third kappa shape index (κ3) is 12.0. The molecule has 1 aromatic rings. The van der Waals surface area contributed by atoms with Gasteiger partial charge in [-0.2, -0.15) is 8.42 Å². The molecule has 2 aliphatic heterocycles. The zero-order valence-electron chi connectivity index (χ0n) is 30.5. The molecule has 9 atom stereocenters. The number of aliphatic hydroxyl groups excluding tert-OH is 2. The van der Waals surface area contributed by atoms with Gasteiger partial charge < -0.3 is 38.6 Å². The van der Waals surface area contributed by atoms with Crippen LogP contribution in [0.3, 0.4) is 0 Å². The first-order valence-electron chi connectivity index (χ1n) is 16.1. The van der Waals surface area contributed by atoms with Crippen LogP contribution in [0, 0.1) is 17.8 Å². The van der Waals surface area contributed by atoms with Gasteiger partial charge in [0.1, 0.15) is 37.1 Å². The van der Waals surface area contributed by atoms with Crippen LogP contribution in [-0.2, 0) is 61.9 Å². The van der Waals surface area contributed by atoms with E-state index in [2.05, 4.69) is 0 Å². The molecule has 1 unspecified atom stereocenters. The summed E-state index contributed by atoms with van der Waals surface area (Å²) >= 11 is 0. The van der Waals surface area contributed by atoms with Crippen molar-refractivity contribution in [1.82, 2.24) is 0 Å². The number of esters is 4. The highest BCUT2D eigenvalue weighted by atomic mass is 32.2. The molecular weight excluding hydrogens is 680 g/mol. The van der Waals surface area contributed by atoms with E-state index in [4.69, 9.17) is 32.6 Å². The highest BCUT2D eigenvalue weighted by Gasteiger charge is 2.56. The molecule has 15 nitrogen and oxygen atoms in total. The van der Waals surface area contributed by atoms with Crippen LogP contribution in [0.5, 0.6) is 0 Å². The van der Waals surface area contributed by atoms with Gasteiger partial charge in [-0.05, 0) is 29.9 Å². The number of rotatable bonds is 10. The number of aliphatic hydroxyl groups is 2. The quantitative estimate of drug-likeness (QED) is 0.201. The van der Waals surface area contributed by atoms with Crippen molar-refractivity contribution in [2.75, 3.05) is 13.2 Å². The van der Waals surface area contributed by atoms with Gasteiger partial charge in [0.05, 0.1) is 17.6 Å². The van der Waals surface area contributed by atoms with E-state index in [0.29, 0.717) is 0 Å². The molecule has 1 aromatic carbocycles. The molecule has 2 fully saturated rings. The van der Waals surface area contributed by atoms with Crippen LogP contribution >= 0.6 is 0 Å². The van der Waals surface area contributed by atoms with E-state index in [9.17, 15) is 37.8 Å². The standard InChI is InChI=1S/C18H28O9.C16H24O6S/c1-9(19)23-8-13(24-10(2)20)14-15(25-11(3)21)16(26-12(4)22)17(27-14)18(5,6)7;1-10-5-7-11(8-6-10)23(19,20)22-14-12(9-17)21-15(13(14)18)16(2,3)4/h13-17H,8H2,1-7H3;5-8,12-15,17-18H,9H2,1-4H3/t13?,14-,15+,16-,17-;12-,13-,14+,15-/m11/s1. The van der Waals surface area contributed by atoms with E-state index in [1.54, 1.807) is 12.1 Å². The van der Waals surface area contributed by atoms with E-state index in [-0.39, 0.29) is 11.5 Å². The van der Waals surface area contributed by atoms with Crippen LogP contribution in [0.4, 0.5) is 0 Å². The van der Waals surface area contributed by atoms with Crippen LogP contribution in [0.15, 0.2) is 29.2 Å². The maximum atomic E-state index is 12.4. The lowest BCUT2D eigenvalue weighted by molar-refractivity contribution is -0.177. The van der Waals surface area contributed by atoms with Crippen molar-refractivity contribution < 1.29 is 70.4 Å². The summed E-state index contributed by atoms with van der Waals surface area (Å²) in [5.74, 6) is -2.38. The summed E-state index contributed by atoms with van der Waals surface area (Å²) in [6, 6.07) is 6.22. The fourth-order valence-electron chi connectivity index (χ4n) is 5.56. The van der Waals surface area contributed by atoms with Gasteiger partial charge in [-0.3, -0.25) is 23.4 Å². The molecule has 0 aliphatic carbocycles. The number of benzene rings is 1. The van der Waals surface area contributed by atoms with Crippen LogP contribution in [0.25, 0.3) is 0 Å². The molecule has 0 radical (unpaired) electrons. The normalized spacial score (nSPS) is 27.4. The Hall–Kier alpha value is -3.15. The van der Waals surface area contributed by atoms with E-state index in [0.717, 1.165) is 5.56 Å². The lowest BCUT2D eigenvalue weighted by Crippen LogP contribution is -2.47. The van der Waals surface area contributed by atoms with Gasteiger partial charge in [0, 0.05) is 27.7 Å². The number of hydrogen-bond acceptors (Lipinski definition) is 15. The van der Waals surface area contributed by atoms with Gasteiger partial charge in [0.15, 0.2) is 18.3 Å². The Balaban J connectivity index is 0.000000351. The van der Waals surface area contributed by atoms with Gasteiger partial charge in [-0.25, -0.2) is 0 Å². The third-order valence-electron chi connectivity index (χ3n) is 7.76. The molecule has 0 bridgehead atoms. The topological polar surface area (TPSA) is 207 Å². The first-order chi connectivity index (χ1) is 22.9. The Morgan fingerprint density at radius 1 is 0.780 bits per heavy atom. The number of hydrogen-bond donors (Lipinski definition) is 2. The van der Waals surface area contributed by atoms with E-state index in [1.807, 2.05) is 48.5 Å². The average molecular weight is 733 g/mol. The van der Waals surface area contributed by atoms with Crippen molar-refractivity contribution in [3.63, 3.8) is 0 Å². The van der Waals surface area contributed by atoms with Gasteiger partial charge in [-0.1, -0.05) is 59.2 Å². The second-order valence-corrected chi connectivity index (χ2v) is 16.0. The summed E-state index contributed by atoms with van der Waals surface area (Å²) in [5.41, 5.74) is 0.0165. The second-order valence-electron chi connectivity index (χ2n) is 14.4. The number of ether oxygens (including phenoxy) is 6. The van der Waals surface area contributed by atoms with Crippen molar-refractivity contribution in [1.29, 1.82) is 0 Å². The first-order valence-corrected chi connectivity index (χ1v) is 17.5. The molecule has 0 saturated carbocycles. The highest BCUT2D eigenvalue weighted by molar-refractivity contribution is 7.86. The Labute approximate surface area is 294 Å². The molecule has 284 valence electrons. The van der Waals surface area contributed by atoms with E-state index < -0.39 is 106 Å². The maximum Gasteiger partial charge on any atom is 0.303 e. The molecular formula is C34H52O15S. The molecule has 0 amide bonds. The molecule has 50 heavy (non-hydrogen) atoms. The van der Waals surface area contributed by atoms with Crippen molar-refractivity contribution in [3.05, 3.63) is 29.8 Å². The Kier molecular flexibility index (Phi) is 15.0. The lowest BCUT2D eigenvalue weighted by Gasteiger charge is -2.31. The molecule has 2 heterocycles. The van der Waals surface area contributed by atoms with Crippen molar-refractivity contribution in [2.45, 2.75) is 136 Å². The largest absolute Gasteiger partial charge is 0.462 e. The summed E-state index contributed by atoms with van der Waals surface area (Å²) in [4.78, 5) is 45.9. The summed E-state index contributed by atoms with van der Waals surface area (Å²) in [6.07, 6.45) is -8.42. The predicted molar refractivity (Wildman–Crippen MR) is 176 cm³/mol. The summed E-state index contributed by atoms with van der Waals surface area (Å²) in [6.45, 7) is 17.2. The Morgan fingerprint density at radius 3 is 1.74 bits per heavy atom. The zero-order valence-corrected chi connectivity index (χ0v) is 31.3. The van der Waals surface area contributed by atoms with Crippen LogP contribution < -0.4 is 0 Å². The van der Waals surface area contributed by atoms with Crippen LogP contribution in [0.2, 0.25) is 0 Å². The summed E-state index contributed by atoms with van der Waals surface area (Å²) in [5, 5.41) is 19.8. The van der Waals surface area contributed by atoms with E-state index in [1.165, 1.54) is 39.8 Å². The molecule has 0 aromatic heterocycles. The smallest absolute Gasteiger partial charge is 0.303 e. The zero-order chi connectivity index (χ0) is 38.4. The minimum absolute atomic E-state index is 0.00574. The minimum Gasteiger partial charge on any atom is -0.462 e. The molecule has 16 heteroatoms. The SMILES string of the molecule is CC(=O)OCC(OC(C)=O)[C@H]1O[C@@H](C(C)(C)C)[C@H](OC(C)=O)[C@H]1OC(C)=O.Cc1ccc(S(=O)(=O)O[C@@H]2[C@@H](O)[C@H](C(C)(C)C)O[C@@H]2CO)cc1. The summed E-state index contributed by atoms with van der Waals surface area (Å²) < 4.78 is 62.6. The molecule has 0 spiro atoms. The van der Waals surface area contributed by atoms with Gasteiger partial charge in [-0.15, -0.1) is 0 Å². The van der Waals surface area contributed by atoms with Crippen LogP contribution in [-0.4, -0.2) is 111 Å². The van der Waals surface area contributed by atoms with E-state index >= 15 is 0 Å². The Bertz CT molecular complexity index is 1430. The lowest BCUT2D eigenvalue weighted by atomic mass is 9.85. The molecule has 2 N–H and O–H groups in total.